The van der Waals surface area contributed by atoms with Gasteiger partial charge < -0.3 is 10.6 Å². The second kappa shape index (κ2) is 6.98. The van der Waals surface area contributed by atoms with Crippen molar-refractivity contribution in [3.8, 4) is 0 Å². The van der Waals surface area contributed by atoms with Crippen LogP contribution >= 0.6 is 11.8 Å². The van der Waals surface area contributed by atoms with Crippen molar-refractivity contribution in [3.05, 3.63) is 24.3 Å². The number of thioether (sulfide) groups is 1. The highest BCUT2D eigenvalue weighted by Gasteiger charge is 2.30. The van der Waals surface area contributed by atoms with E-state index in [9.17, 15) is 4.79 Å². The maximum Gasteiger partial charge on any atom is 0.221 e. The Balaban J connectivity index is 2.03. The number of carbonyl (C=O) groups is 1. The van der Waals surface area contributed by atoms with Gasteiger partial charge in [-0.2, -0.15) is 0 Å². The first-order chi connectivity index (χ1) is 10.1. The number of amidine groups is 1. The number of carbonyl (C=O) groups excluding carboxylic acids is 1. The normalized spacial score (nSPS) is 17.0. The maximum absolute atomic E-state index is 11.1. The molecule has 0 spiro atoms. The first-order valence-electron chi connectivity index (χ1n) is 7.39. The molecule has 114 valence electrons. The van der Waals surface area contributed by atoms with Crippen LogP contribution in [0.3, 0.4) is 0 Å². The summed E-state index contributed by atoms with van der Waals surface area (Å²) in [5.41, 5.74) is 2.10. The highest BCUT2D eigenvalue weighted by molar-refractivity contribution is 8.14. The molecule has 1 aromatic rings. The molecule has 0 atom stereocenters. The van der Waals surface area contributed by atoms with E-state index in [1.54, 1.807) is 11.8 Å². The topological polar surface area (TPSA) is 53.5 Å². The van der Waals surface area contributed by atoms with Gasteiger partial charge in [0.15, 0.2) is 5.17 Å². The van der Waals surface area contributed by atoms with E-state index in [1.165, 1.54) is 19.8 Å². The van der Waals surface area contributed by atoms with E-state index >= 15 is 0 Å². The van der Waals surface area contributed by atoms with Crippen molar-refractivity contribution >= 4 is 34.2 Å². The van der Waals surface area contributed by atoms with Gasteiger partial charge in [0.05, 0.1) is 0 Å². The lowest BCUT2D eigenvalue weighted by Crippen LogP contribution is -2.32. The van der Waals surface area contributed by atoms with Gasteiger partial charge in [0.2, 0.25) is 5.91 Å². The largest absolute Gasteiger partial charge is 0.335 e. The van der Waals surface area contributed by atoms with Crippen molar-refractivity contribution < 1.29 is 4.79 Å². The van der Waals surface area contributed by atoms with Crippen LogP contribution < -0.4 is 10.6 Å². The Morgan fingerprint density at radius 3 is 2.62 bits per heavy atom. The molecular weight excluding hydrogens is 282 g/mol. The Labute approximate surface area is 130 Å². The van der Waals surface area contributed by atoms with E-state index in [0.29, 0.717) is 5.41 Å². The van der Waals surface area contributed by atoms with Crippen LogP contribution in [0.1, 0.15) is 33.6 Å². The molecule has 1 heterocycles. The molecular formula is C16H23N3OS. The van der Waals surface area contributed by atoms with Crippen LogP contribution in [0.25, 0.3) is 0 Å². The minimum absolute atomic E-state index is 0.0628. The van der Waals surface area contributed by atoms with Crippen molar-refractivity contribution in [2.45, 2.75) is 33.6 Å². The number of rotatable bonds is 4. The van der Waals surface area contributed by atoms with Gasteiger partial charge in [-0.3, -0.25) is 9.79 Å². The van der Waals surface area contributed by atoms with Crippen LogP contribution in [-0.4, -0.2) is 23.4 Å². The average Bonchev–Trinajstić information content (AvgIpc) is 2.48. The molecule has 1 amide bonds. The molecule has 2 rings (SSSR count). The molecule has 1 aromatic carbocycles. The summed E-state index contributed by atoms with van der Waals surface area (Å²) in [6, 6.07) is 7.70. The quantitative estimate of drug-likeness (QED) is 0.885. The number of nitrogens with one attached hydrogen (secondary N) is 2. The lowest BCUT2D eigenvalue weighted by Gasteiger charge is -2.33. The number of hydrogen-bond acceptors (Lipinski definition) is 4. The second-order valence-corrected chi connectivity index (χ2v) is 6.47. The predicted octanol–water partition coefficient (Wildman–Crippen LogP) is 3.97. The van der Waals surface area contributed by atoms with Crippen molar-refractivity contribution in [2.75, 3.05) is 22.9 Å². The molecule has 21 heavy (non-hydrogen) atoms. The van der Waals surface area contributed by atoms with Gasteiger partial charge in [0, 0.05) is 30.6 Å². The Morgan fingerprint density at radius 2 is 2.05 bits per heavy atom. The summed E-state index contributed by atoms with van der Waals surface area (Å²) < 4.78 is 0. The van der Waals surface area contributed by atoms with Crippen molar-refractivity contribution in [2.24, 2.45) is 10.4 Å². The fraction of sp³-hybridized carbons (Fsp3) is 0.500. The first kappa shape index (κ1) is 15.9. The van der Waals surface area contributed by atoms with Crippen LogP contribution in [0.4, 0.5) is 11.4 Å². The van der Waals surface area contributed by atoms with Gasteiger partial charge >= 0.3 is 0 Å². The smallest absolute Gasteiger partial charge is 0.221 e. The van der Waals surface area contributed by atoms with Crippen molar-refractivity contribution in [1.29, 1.82) is 0 Å². The third kappa shape index (κ3) is 4.24. The summed E-state index contributed by atoms with van der Waals surface area (Å²) in [6.45, 7) is 6.89. The zero-order chi connectivity index (χ0) is 15.3. The summed E-state index contributed by atoms with van der Waals surface area (Å²) in [5.74, 6) is 1.05. The molecule has 4 nitrogen and oxygen atoms in total. The van der Waals surface area contributed by atoms with Crippen LogP contribution in [0.2, 0.25) is 0 Å². The zero-order valence-corrected chi connectivity index (χ0v) is 13.7. The number of nitrogens with zero attached hydrogens (tertiary/aromatic N) is 1. The average molecular weight is 305 g/mol. The molecule has 0 saturated heterocycles. The molecule has 0 saturated carbocycles. The summed E-state index contributed by atoms with van der Waals surface area (Å²) in [7, 11) is 0. The van der Waals surface area contributed by atoms with Crippen molar-refractivity contribution in [1.82, 2.24) is 0 Å². The van der Waals surface area contributed by atoms with E-state index < -0.39 is 0 Å². The predicted molar refractivity (Wildman–Crippen MR) is 92.1 cm³/mol. The second-order valence-electron chi connectivity index (χ2n) is 5.50. The Bertz CT molecular complexity index is 538. The fourth-order valence-electron chi connectivity index (χ4n) is 2.31. The van der Waals surface area contributed by atoms with Gasteiger partial charge in [-0.05, 0) is 36.5 Å². The highest BCUT2D eigenvalue weighted by atomic mass is 32.2. The summed E-state index contributed by atoms with van der Waals surface area (Å²) in [6.07, 6.45) is 2.34. The van der Waals surface area contributed by atoms with Gasteiger partial charge in [-0.1, -0.05) is 31.7 Å². The molecule has 2 N–H and O–H groups in total. The van der Waals surface area contributed by atoms with E-state index in [-0.39, 0.29) is 5.91 Å². The number of benzene rings is 1. The molecule has 0 radical (unpaired) electrons. The Hall–Kier alpha value is -1.49. The van der Waals surface area contributed by atoms with E-state index in [4.69, 9.17) is 4.99 Å². The molecule has 1 aliphatic rings. The molecule has 0 unspecified atom stereocenters. The molecule has 1 aliphatic heterocycles. The SMILES string of the molecule is CCC1(CC)CN=C(Nc2cccc(NC(C)=O)c2)SC1. The Morgan fingerprint density at radius 1 is 1.33 bits per heavy atom. The lowest BCUT2D eigenvalue weighted by atomic mass is 9.84. The maximum atomic E-state index is 11.1. The monoisotopic (exact) mass is 305 g/mol. The lowest BCUT2D eigenvalue weighted by molar-refractivity contribution is -0.114. The van der Waals surface area contributed by atoms with Crippen molar-refractivity contribution in [3.63, 3.8) is 0 Å². The number of amides is 1. The number of aliphatic imine (C=N–C) groups is 1. The number of anilines is 2. The van der Waals surface area contributed by atoms with Gasteiger partial charge in [-0.15, -0.1) is 0 Å². The molecule has 0 fully saturated rings. The summed E-state index contributed by atoms with van der Waals surface area (Å²) in [4.78, 5) is 15.8. The molecule has 0 aromatic heterocycles. The molecule has 0 aliphatic carbocycles. The molecule has 5 heteroatoms. The third-order valence-corrected chi connectivity index (χ3v) is 5.27. The number of hydrogen-bond donors (Lipinski definition) is 2. The third-order valence-electron chi connectivity index (χ3n) is 4.01. The van der Waals surface area contributed by atoms with Crippen LogP contribution in [-0.2, 0) is 4.79 Å². The van der Waals surface area contributed by atoms with E-state index in [1.807, 2.05) is 24.3 Å². The van der Waals surface area contributed by atoms with Crippen LogP contribution in [0, 0.1) is 5.41 Å². The van der Waals surface area contributed by atoms with E-state index in [2.05, 4.69) is 24.5 Å². The zero-order valence-electron chi connectivity index (χ0n) is 12.9. The summed E-state index contributed by atoms with van der Waals surface area (Å²) >= 11 is 1.79. The minimum atomic E-state index is -0.0628. The van der Waals surface area contributed by atoms with Gasteiger partial charge in [-0.25, -0.2) is 0 Å². The van der Waals surface area contributed by atoms with Crippen LogP contribution in [0.5, 0.6) is 0 Å². The standard InChI is InChI=1S/C16H23N3OS/c1-4-16(5-2)10-17-15(21-11-16)19-14-8-6-7-13(9-14)18-12(3)20/h6-9H,4-5,10-11H2,1-3H3,(H,17,19)(H,18,20). The van der Waals surface area contributed by atoms with Crippen LogP contribution in [0.15, 0.2) is 29.3 Å². The fourth-order valence-corrected chi connectivity index (χ4v) is 3.60. The van der Waals surface area contributed by atoms with Gasteiger partial charge in [0.1, 0.15) is 0 Å². The first-order valence-corrected chi connectivity index (χ1v) is 8.37. The summed E-state index contributed by atoms with van der Waals surface area (Å²) in [5, 5.41) is 7.10. The Kier molecular flexibility index (Phi) is 5.28. The van der Waals surface area contributed by atoms with E-state index in [0.717, 1.165) is 28.8 Å². The van der Waals surface area contributed by atoms with Gasteiger partial charge in [0.25, 0.3) is 0 Å². The highest BCUT2D eigenvalue weighted by Crippen LogP contribution is 2.35. The minimum Gasteiger partial charge on any atom is -0.335 e. The molecule has 0 bridgehead atoms.